The SMILES string of the molecule is CCC(CC)[C@H](CNC(=O)Nc1ccccc1F)N(C)C. The van der Waals surface area contributed by atoms with E-state index in [9.17, 15) is 9.18 Å². The molecule has 4 nitrogen and oxygen atoms in total. The Hall–Kier alpha value is -1.62. The Morgan fingerprint density at radius 2 is 1.86 bits per heavy atom. The number of benzene rings is 1. The van der Waals surface area contributed by atoms with Crippen LogP contribution < -0.4 is 10.6 Å². The molecule has 0 aromatic heterocycles. The summed E-state index contributed by atoms with van der Waals surface area (Å²) in [6, 6.07) is 6.03. The molecule has 0 saturated heterocycles. The van der Waals surface area contributed by atoms with Gasteiger partial charge in [0.05, 0.1) is 5.69 Å². The van der Waals surface area contributed by atoms with Crippen LogP contribution in [0, 0.1) is 11.7 Å². The summed E-state index contributed by atoms with van der Waals surface area (Å²) in [5.41, 5.74) is 0.193. The molecule has 5 heteroatoms. The van der Waals surface area contributed by atoms with E-state index in [1.807, 2.05) is 14.1 Å². The molecule has 1 rings (SSSR count). The van der Waals surface area contributed by atoms with Gasteiger partial charge in [-0.3, -0.25) is 0 Å². The van der Waals surface area contributed by atoms with Crippen molar-refractivity contribution in [3.63, 3.8) is 0 Å². The topological polar surface area (TPSA) is 44.4 Å². The summed E-state index contributed by atoms with van der Waals surface area (Å²) < 4.78 is 13.5. The molecule has 0 unspecified atom stereocenters. The van der Waals surface area contributed by atoms with Gasteiger partial charge in [0, 0.05) is 12.6 Å². The molecule has 0 aliphatic rings. The van der Waals surface area contributed by atoms with Crippen LogP contribution in [-0.4, -0.2) is 37.6 Å². The van der Waals surface area contributed by atoms with Crippen molar-refractivity contribution in [1.29, 1.82) is 0 Å². The van der Waals surface area contributed by atoms with Crippen LogP contribution in [-0.2, 0) is 0 Å². The number of para-hydroxylation sites is 1. The van der Waals surface area contributed by atoms with E-state index in [2.05, 4.69) is 29.4 Å². The van der Waals surface area contributed by atoms with E-state index in [0.717, 1.165) is 12.8 Å². The smallest absolute Gasteiger partial charge is 0.319 e. The Bertz CT molecular complexity index is 447. The first-order valence-corrected chi connectivity index (χ1v) is 7.45. The van der Waals surface area contributed by atoms with E-state index in [1.165, 1.54) is 6.07 Å². The van der Waals surface area contributed by atoms with Gasteiger partial charge in [-0.25, -0.2) is 9.18 Å². The lowest BCUT2D eigenvalue weighted by atomic mass is 9.93. The Labute approximate surface area is 126 Å². The summed E-state index contributed by atoms with van der Waals surface area (Å²) >= 11 is 0. The summed E-state index contributed by atoms with van der Waals surface area (Å²) in [5.74, 6) is 0.0885. The Kier molecular flexibility index (Phi) is 7.15. The molecule has 0 radical (unpaired) electrons. The molecule has 21 heavy (non-hydrogen) atoms. The zero-order valence-corrected chi connectivity index (χ0v) is 13.3. The van der Waals surface area contributed by atoms with E-state index in [1.54, 1.807) is 18.2 Å². The third-order valence-electron chi connectivity index (χ3n) is 3.85. The highest BCUT2D eigenvalue weighted by atomic mass is 19.1. The van der Waals surface area contributed by atoms with Crippen molar-refractivity contribution in [2.24, 2.45) is 5.92 Å². The van der Waals surface area contributed by atoms with Crippen LogP contribution in [0.15, 0.2) is 24.3 Å². The highest BCUT2D eigenvalue weighted by Crippen LogP contribution is 2.16. The van der Waals surface area contributed by atoms with Crippen molar-refractivity contribution in [3.05, 3.63) is 30.1 Å². The molecular formula is C16H26FN3O. The first-order chi connectivity index (χ1) is 9.99. The van der Waals surface area contributed by atoms with Crippen LogP contribution in [0.25, 0.3) is 0 Å². The molecule has 0 fully saturated rings. The van der Waals surface area contributed by atoms with Gasteiger partial charge in [-0.1, -0.05) is 38.8 Å². The third kappa shape index (κ3) is 5.34. The predicted octanol–water partition coefficient (Wildman–Crippen LogP) is 3.31. The number of carbonyl (C=O) groups is 1. The lowest BCUT2D eigenvalue weighted by Crippen LogP contribution is -2.45. The van der Waals surface area contributed by atoms with Crippen LogP contribution >= 0.6 is 0 Å². The molecule has 1 atom stereocenters. The number of urea groups is 1. The molecule has 118 valence electrons. The summed E-state index contributed by atoms with van der Waals surface area (Å²) in [5, 5.41) is 5.37. The normalized spacial score (nSPS) is 12.5. The zero-order chi connectivity index (χ0) is 15.8. The first kappa shape index (κ1) is 17.4. The largest absolute Gasteiger partial charge is 0.336 e. The maximum absolute atomic E-state index is 13.5. The fraction of sp³-hybridized carbons (Fsp3) is 0.562. The molecule has 1 aromatic rings. The van der Waals surface area contributed by atoms with Crippen molar-refractivity contribution in [2.75, 3.05) is 26.0 Å². The second-order valence-electron chi connectivity index (χ2n) is 5.42. The zero-order valence-electron chi connectivity index (χ0n) is 13.3. The van der Waals surface area contributed by atoms with E-state index >= 15 is 0 Å². The molecular weight excluding hydrogens is 269 g/mol. The van der Waals surface area contributed by atoms with Crippen LogP contribution in [0.3, 0.4) is 0 Å². The summed E-state index contributed by atoms with van der Waals surface area (Å²) in [7, 11) is 4.03. The standard InChI is InChI=1S/C16H26FN3O/c1-5-12(6-2)15(20(3)4)11-18-16(21)19-14-10-8-7-9-13(14)17/h7-10,12,15H,5-6,11H2,1-4H3,(H2,18,19,21)/t15-/m0/s1. The molecule has 0 aliphatic carbocycles. The fourth-order valence-corrected chi connectivity index (χ4v) is 2.53. The average molecular weight is 295 g/mol. The van der Waals surface area contributed by atoms with Crippen LogP contribution in [0.2, 0.25) is 0 Å². The number of halogens is 1. The lowest BCUT2D eigenvalue weighted by molar-refractivity contribution is 0.193. The number of hydrogen-bond acceptors (Lipinski definition) is 2. The van der Waals surface area contributed by atoms with E-state index in [4.69, 9.17) is 0 Å². The van der Waals surface area contributed by atoms with Gasteiger partial charge in [0.25, 0.3) is 0 Å². The number of amides is 2. The number of hydrogen-bond donors (Lipinski definition) is 2. The minimum absolute atomic E-state index is 0.193. The van der Waals surface area contributed by atoms with Gasteiger partial charge in [-0.05, 0) is 32.1 Å². The fourth-order valence-electron chi connectivity index (χ4n) is 2.53. The Morgan fingerprint density at radius 1 is 1.24 bits per heavy atom. The van der Waals surface area contributed by atoms with Gasteiger partial charge in [0.15, 0.2) is 0 Å². The molecule has 0 aliphatic heterocycles. The van der Waals surface area contributed by atoms with Crippen molar-refractivity contribution in [3.8, 4) is 0 Å². The molecule has 2 amide bonds. The van der Waals surface area contributed by atoms with Gasteiger partial charge in [0.1, 0.15) is 5.82 Å². The van der Waals surface area contributed by atoms with Crippen LogP contribution in [0.5, 0.6) is 0 Å². The van der Waals surface area contributed by atoms with E-state index in [0.29, 0.717) is 12.5 Å². The molecule has 0 spiro atoms. The molecule has 0 saturated carbocycles. The maximum atomic E-state index is 13.5. The quantitative estimate of drug-likeness (QED) is 0.810. The van der Waals surface area contributed by atoms with Crippen LogP contribution in [0.1, 0.15) is 26.7 Å². The number of anilines is 1. The van der Waals surface area contributed by atoms with Gasteiger partial charge >= 0.3 is 6.03 Å². The summed E-state index contributed by atoms with van der Waals surface area (Å²) in [6.07, 6.45) is 2.13. The lowest BCUT2D eigenvalue weighted by Gasteiger charge is -2.31. The number of rotatable bonds is 7. The van der Waals surface area contributed by atoms with Crippen molar-refractivity contribution in [1.82, 2.24) is 10.2 Å². The molecule has 0 heterocycles. The van der Waals surface area contributed by atoms with Crippen molar-refractivity contribution < 1.29 is 9.18 Å². The number of nitrogens with zero attached hydrogens (tertiary/aromatic N) is 1. The Morgan fingerprint density at radius 3 is 2.38 bits per heavy atom. The van der Waals surface area contributed by atoms with Crippen molar-refractivity contribution >= 4 is 11.7 Å². The van der Waals surface area contributed by atoms with Gasteiger partial charge in [-0.15, -0.1) is 0 Å². The van der Waals surface area contributed by atoms with Gasteiger partial charge in [0.2, 0.25) is 0 Å². The summed E-state index contributed by atoms with van der Waals surface area (Å²) in [4.78, 5) is 14.0. The Balaban J connectivity index is 2.56. The monoisotopic (exact) mass is 295 g/mol. The number of nitrogens with one attached hydrogen (secondary N) is 2. The molecule has 1 aromatic carbocycles. The maximum Gasteiger partial charge on any atom is 0.319 e. The number of carbonyl (C=O) groups excluding carboxylic acids is 1. The third-order valence-corrected chi connectivity index (χ3v) is 3.85. The van der Waals surface area contributed by atoms with Crippen molar-refractivity contribution in [2.45, 2.75) is 32.7 Å². The molecule has 2 N–H and O–H groups in total. The predicted molar refractivity (Wildman–Crippen MR) is 85.0 cm³/mol. The summed E-state index contributed by atoms with van der Waals surface area (Å²) in [6.45, 7) is 4.85. The first-order valence-electron chi connectivity index (χ1n) is 7.45. The second kappa shape index (κ2) is 8.62. The van der Waals surface area contributed by atoms with E-state index < -0.39 is 5.82 Å². The van der Waals surface area contributed by atoms with Crippen LogP contribution in [0.4, 0.5) is 14.9 Å². The molecule has 0 bridgehead atoms. The number of likely N-dealkylation sites (N-methyl/N-ethyl adjacent to an activating group) is 1. The minimum atomic E-state index is -0.434. The van der Waals surface area contributed by atoms with E-state index in [-0.39, 0.29) is 17.8 Å². The van der Waals surface area contributed by atoms with Gasteiger partial charge in [-0.2, -0.15) is 0 Å². The minimum Gasteiger partial charge on any atom is -0.336 e. The second-order valence-corrected chi connectivity index (χ2v) is 5.42. The average Bonchev–Trinajstić information content (AvgIpc) is 2.45. The highest BCUT2D eigenvalue weighted by Gasteiger charge is 2.21. The van der Waals surface area contributed by atoms with Gasteiger partial charge < -0.3 is 15.5 Å². The highest BCUT2D eigenvalue weighted by molar-refractivity contribution is 5.89.